The Balaban J connectivity index is 1.88. The first kappa shape index (κ1) is 31.8. The number of ether oxygens (including phenoxy) is 4. The number of aliphatic hydroxyl groups is 1. The van der Waals surface area contributed by atoms with Crippen molar-refractivity contribution >= 4 is 18.0 Å². The van der Waals surface area contributed by atoms with E-state index in [0.717, 1.165) is 16.7 Å². The zero-order valence-corrected chi connectivity index (χ0v) is 23.7. The minimum Gasteiger partial charge on any atom is -0.451 e. The van der Waals surface area contributed by atoms with Crippen LogP contribution in [0.3, 0.4) is 0 Å². The van der Waals surface area contributed by atoms with E-state index in [-0.39, 0.29) is 26.4 Å². The van der Waals surface area contributed by atoms with Crippen LogP contribution in [-0.2, 0) is 53.2 Å². The summed E-state index contributed by atoms with van der Waals surface area (Å²) in [6.45, 7) is 4.37. The topological polar surface area (TPSA) is 108 Å². The Kier molecular flexibility index (Phi) is 12.4. The molecule has 8 nitrogen and oxygen atoms in total. The van der Waals surface area contributed by atoms with Gasteiger partial charge in [0.05, 0.1) is 26.4 Å². The average molecular weight is 563 g/mol. The van der Waals surface area contributed by atoms with E-state index >= 15 is 0 Å². The molecule has 0 heterocycles. The van der Waals surface area contributed by atoms with Gasteiger partial charge in [0.2, 0.25) is 0 Å². The second kappa shape index (κ2) is 15.9. The molecule has 1 N–H and O–H groups in total. The molecule has 0 aliphatic carbocycles. The number of Topliss-reactive ketones (excluding diaryl/α,β-unsaturated/α-hetero) is 1. The number of benzene rings is 3. The van der Waals surface area contributed by atoms with Crippen molar-refractivity contribution < 1.29 is 38.4 Å². The minimum absolute atomic E-state index is 0.0479. The van der Waals surface area contributed by atoms with E-state index in [2.05, 4.69) is 0 Å². The van der Waals surface area contributed by atoms with Crippen LogP contribution >= 0.6 is 0 Å². The summed E-state index contributed by atoms with van der Waals surface area (Å²) in [5.74, 6) is -1.30. The van der Waals surface area contributed by atoms with Gasteiger partial charge in [-0.3, -0.25) is 14.4 Å². The van der Waals surface area contributed by atoms with E-state index in [1.165, 1.54) is 20.8 Å². The zero-order valence-electron chi connectivity index (χ0n) is 23.7. The van der Waals surface area contributed by atoms with Crippen molar-refractivity contribution in [3.8, 4) is 0 Å². The molecular formula is C33H38O8. The van der Waals surface area contributed by atoms with E-state index in [4.69, 9.17) is 18.9 Å². The maximum atomic E-state index is 13.0. The van der Waals surface area contributed by atoms with E-state index in [0.29, 0.717) is 6.29 Å². The van der Waals surface area contributed by atoms with Crippen molar-refractivity contribution in [2.45, 2.75) is 65.0 Å². The third kappa shape index (κ3) is 9.72. The van der Waals surface area contributed by atoms with E-state index in [9.17, 15) is 19.5 Å². The molecule has 0 saturated heterocycles. The molecule has 8 heteroatoms. The Morgan fingerprint density at radius 1 is 0.756 bits per heavy atom. The largest absolute Gasteiger partial charge is 0.451 e. The smallest absolute Gasteiger partial charge is 0.319 e. The average Bonchev–Trinajstić information content (AvgIpc) is 2.99. The molecule has 0 bridgehead atoms. The molecular weight excluding hydrogens is 524 g/mol. The molecule has 0 saturated carbocycles. The molecule has 0 radical (unpaired) electrons. The molecule has 218 valence electrons. The van der Waals surface area contributed by atoms with Gasteiger partial charge in [-0.05, 0) is 37.5 Å². The highest BCUT2D eigenvalue weighted by atomic mass is 16.6. The first-order chi connectivity index (χ1) is 19.7. The fourth-order valence-corrected chi connectivity index (χ4v) is 3.89. The Bertz CT molecular complexity index is 1210. The first-order valence-electron chi connectivity index (χ1n) is 13.5. The molecule has 3 aromatic carbocycles. The number of carbonyl (C=O) groups is 3. The third-order valence-electron chi connectivity index (χ3n) is 6.77. The van der Waals surface area contributed by atoms with E-state index in [1.807, 2.05) is 91.0 Å². The van der Waals surface area contributed by atoms with Crippen LogP contribution in [0.2, 0.25) is 0 Å². The molecule has 3 rings (SSSR count). The summed E-state index contributed by atoms with van der Waals surface area (Å²) < 4.78 is 23.7. The number of ketones is 1. The van der Waals surface area contributed by atoms with Gasteiger partial charge >= 0.3 is 5.97 Å². The van der Waals surface area contributed by atoms with E-state index in [1.54, 1.807) is 0 Å². The van der Waals surface area contributed by atoms with Crippen LogP contribution in [0.4, 0.5) is 0 Å². The number of hydrogen-bond donors (Lipinski definition) is 1. The van der Waals surface area contributed by atoms with Crippen molar-refractivity contribution in [1.29, 1.82) is 0 Å². The Labute approximate surface area is 241 Å². The summed E-state index contributed by atoms with van der Waals surface area (Å²) in [5, 5.41) is 11.3. The van der Waals surface area contributed by atoms with E-state index < -0.39 is 41.6 Å². The van der Waals surface area contributed by atoms with Gasteiger partial charge in [0.25, 0.3) is 0 Å². The summed E-state index contributed by atoms with van der Waals surface area (Å²) in [4.78, 5) is 37.4. The molecule has 0 fully saturated rings. The molecule has 41 heavy (non-hydrogen) atoms. The molecule has 0 amide bonds. The van der Waals surface area contributed by atoms with Crippen molar-refractivity contribution in [2.24, 2.45) is 5.41 Å². The van der Waals surface area contributed by atoms with Crippen LogP contribution in [0, 0.1) is 5.41 Å². The lowest BCUT2D eigenvalue weighted by atomic mass is 9.89. The molecule has 0 aromatic heterocycles. The molecule has 0 aliphatic heterocycles. The normalized spacial score (nSPS) is 14.4. The highest BCUT2D eigenvalue weighted by Gasteiger charge is 2.42. The second-order valence-electron chi connectivity index (χ2n) is 10.3. The summed E-state index contributed by atoms with van der Waals surface area (Å²) in [7, 11) is 0. The number of esters is 1. The van der Waals surface area contributed by atoms with Crippen molar-refractivity contribution in [1.82, 2.24) is 0 Å². The van der Waals surface area contributed by atoms with Crippen LogP contribution in [0.15, 0.2) is 91.0 Å². The Hall–Kier alpha value is -3.69. The quantitative estimate of drug-likeness (QED) is 0.146. The summed E-state index contributed by atoms with van der Waals surface area (Å²) in [6, 6.07) is 28.0. The molecule has 3 aromatic rings. The number of carbonyl (C=O) groups excluding carboxylic acids is 3. The third-order valence-corrected chi connectivity index (χ3v) is 6.77. The van der Waals surface area contributed by atoms with Gasteiger partial charge < -0.3 is 24.1 Å². The van der Waals surface area contributed by atoms with Crippen molar-refractivity contribution in [2.75, 3.05) is 6.61 Å². The predicted octanol–water partition coefficient (Wildman–Crippen LogP) is 4.46. The summed E-state index contributed by atoms with van der Waals surface area (Å²) in [6.07, 6.45) is -4.67. The van der Waals surface area contributed by atoms with Gasteiger partial charge in [-0.15, -0.1) is 0 Å². The highest BCUT2D eigenvalue weighted by Crippen LogP contribution is 2.24. The molecule has 0 aliphatic rings. The van der Waals surface area contributed by atoms with Gasteiger partial charge in [0.15, 0.2) is 12.4 Å². The monoisotopic (exact) mass is 562 g/mol. The fourth-order valence-electron chi connectivity index (χ4n) is 3.89. The highest BCUT2D eigenvalue weighted by molar-refractivity contribution is 6.02. The van der Waals surface area contributed by atoms with Crippen LogP contribution in [-0.4, -0.2) is 54.2 Å². The summed E-state index contributed by atoms with van der Waals surface area (Å²) in [5.41, 5.74) is 1.07. The first-order valence-corrected chi connectivity index (χ1v) is 13.5. The minimum atomic E-state index is -1.48. The van der Waals surface area contributed by atoms with Gasteiger partial charge in [-0.1, -0.05) is 91.0 Å². The second-order valence-corrected chi connectivity index (χ2v) is 10.3. The molecule has 0 unspecified atom stereocenters. The van der Waals surface area contributed by atoms with Gasteiger partial charge in [-0.2, -0.15) is 0 Å². The van der Waals surface area contributed by atoms with Crippen LogP contribution in [0.1, 0.15) is 37.5 Å². The zero-order chi connectivity index (χ0) is 29.7. The lowest BCUT2D eigenvalue weighted by Gasteiger charge is -2.34. The number of aliphatic hydroxyl groups excluding tert-OH is 1. The Morgan fingerprint density at radius 2 is 1.20 bits per heavy atom. The summed E-state index contributed by atoms with van der Waals surface area (Å²) >= 11 is 0. The molecule has 4 atom stereocenters. The Morgan fingerprint density at radius 3 is 1.63 bits per heavy atom. The van der Waals surface area contributed by atoms with Crippen molar-refractivity contribution in [3.05, 3.63) is 108 Å². The lowest BCUT2D eigenvalue weighted by Crippen LogP contribution is -2.52. The van der Waals surface area contributed by atoms with Gasteiger partial charge in [-0.25, -0.2) is 0 Å². The number of rotatable bonds is 17. The standard InChI is InChI=1S/C33H38O8/c1-24(35)33(2,3)32(37)41-29(19-34)31(40-22-27-17-11-6-12-18-27)30(39-21-26-15-9-5-10-16-26)28(36)23-38-20-25-13-7-4-8-14-25/h4-19,28-31,36H,20-23H2,1-3H3/t28-,29+,30-,31-/m1/s1. The molecule has 0 spiro atoms. The van der Waals surface area contributed by atoms with Crippen molar-refractivity contribution in [3.63, 3.8) is 0 Å². The lowest BCUT2D eigenvalue weighted by molar-refractivity contribution is -0.195. The van der Waals surface area contributed by atoms with Gasteiger partial charge in [0, 0.05) is 0 Å². The van der Waals surface area contributed by atoms with Gasteiger partial charge in [0.1, 0.15) is 29.5 Å². The predicted molar refractivity (Wildman–Crippen MR) is 153 cm³/mol. The van der Waals surface area contributed by atoms with Crippen LogP contribution < -0.4 is 0 Å². The fraction of sp³-hybridized carbons (Fsp3) is 0.364. The van der Waals surface area contributed by atoms with Crippen LogP contribution in [0.25, 0.3) is 0 Å². The van der Waals surface area contributed by atoms with Crippen LogP contribution in [0.5, 0.6) is 0 Å². The number of hydrogen-bond acceptors (Lipinski definition) is 8. The SMILES string of the molecule is CC(=O)C(C)(C)C(=O)O[C@@H](C=O)[C@@H](OCc1ccccc1)[C@H](OCc1ccccc1)[C@H](O)COCc1ccccc1. The number of aldehydes is 1. The maximum absolute atomic E-state index is 13.0. The maximum Gasteiger partial charge on any atom is 0.319 e.